The Bertz CT molecular complexity index is 538. The summed E-state index contributed by atoms with van der Waals surface area (Å²) < 4.78 is 5.67. The molecule has 120 valence electrons. The molecule has 1 amide bonds. The Kier molecular flexibility index (Phi) is 5.83. The highest BCUT2D eigenvalue weighted by Gasteiger charge is 2.28. The summed E-state index contributed by atoms with van der Waals surface area (Å²) in [6.45, 7) is 4.80. The molecule has 1 aromatic carbocycles. The minimum Gasteiger partial charge on any atom is -0.457 e. The van der Waals surface area contributed by atoms with E-state index in [1.165, 1.54) is 0 Å². The lowest BCUT2D eigenvalue weighted by molar-refractivity contribution is -0.157. The van der Waals surface area contributed by atoms with Crippen LogP contribution in [0.3, 0.4) is 0 Å². The number of hydrogen-bond acceptors (Lipinski definition) is 3. The van der Waals surface area contributed by atoms with Crippen molar-refractivity contribution in [2.45, 2.75) is 39.2 Å². The molecule has 2 rings (SSSR count). The third-order valence-corrected chi connectivity index (χ3v) is 4.36. The van der Waals surface area contributed by atoms with Gasteiger partial charge in [0.25, 0.3) is 0 Å². The van der Waals surface area contributed by atoms with Gasteiger partial charge < -0.3 is 9.64 Å². The number of halogens is 1. The van der Waals surface area contributed by atoms with Crippen molar-refractivity contribution in [2.24, 2.45) is 5.92 Å². The number of likely N-dealkylation sites (tertiary alicyclic amines) is 1. The molecule has 0 N–H and O–H groups in total. The number of carbonyl (C=O) groups is 2. The zero-order chi connectivity index (χ0) is 16.1. The Morgan fingerprint density at radius 2 is 2.05 bits per heavy atom. The van der Waals surface area contributed by atoms with Gasteiger partial charge in [-0.25, -0.2) is 0 Å². The molecule has 0 spiro atoms. The lowest BCUT2D eigenvalue weighted by Gasteiger charge is -2.31. The van der Waals surface area contributed by atoms with Crippen LogP contribution in [0.25, 0.3) is 0 Å². The standard InChI is InChI=1S/C17H22ClNO3/c1-3-16(14-5-4-6-15(18)11-14)22-17(21)13-7-9-19(10-8-13)12(2)20/h4-6,11,13,16H,3,7-10H2,1-2H3/t16-/m0/s1. The Balaban J connectivity index is 1.94. The van der Waals surface area contributed by atoms with E-state index in [2.05, 4.69) is 0 Å². The van der Waals surface area contributed by atoms with Crippen molar-refractivity contribution in [1.29, 1.82) is 0 Å². The molecule has 1 fully saturated rings. The number of amides is 1. The number of nitrogens with zero attached hydrogens (tertiary/aromatic N) is 1. The van der Waals surface area contributed by atoms with Crippen LogP contribution in [0.5, 0.6) is 0 Å². The lowest BCUT2D eigenvalue weighted by Crippen LogP contribution is -2.39. The van der Waals surface area contributed by atoms with Crippen LogP contribution in [0.4, 0.5) is 0 Å². The molecule has 22 heavy (non-hydrogen) atoms. The summed E-state index contributed by atoms with van der Waals surface area (Å²) in [6.07, 6.45) is 1.78. The summed E-state index contributed by atoms with van der Waals surface area (Å²) in [6, 6.07) is 7.42. The zero-order valence-electron chi connectivity index (χ0n) is 13.0. The summed E-state index contributed by atoms with van der Waals surface area (Å²) in [7, 11) is 0. The van der Waals surface area contributed by atoms with Crippen molar-refractivity contribution in [2.75, 3.05) is 13.1 Å². The molecule has 0 unspecified atom stereocenters. The number of hydrogen-bond donors (Lipinski definition) is 0. The molecule has 1 heterocycles. The van der Waals surface area contributed by atoms with Gasteiger partial charge in [-0.1, -0.05) is 30.7 Å². The van der Waals surface area contributed by atoms with Crippen LogP contribution >= 0.6 is 11.6 Å². The molecule has 5 heteroatoms. The molecule has 0 saturated carbocycles. The molecule has 0 aliphatic carbocycles. The van der Waals surface area contributed by atoms with Crippen LogP contribution in [0.1, 0.15) is 44.8 Å². The summed E-state index contributed by atoms with van der Waals surface area (Å²) in [5, 5.41) is 0.641. The summed E-state index contributed by atoms with van der Waals surface area (Å²) in [4.78, 5) is 25.4. The van der Waals surface area contributed by atoms with E-state index in [-0.39, 0.29) is 23.9 Å². The molecular weight excluding hydrogens is 302 g/mol. The van der Waals surface area contributed by atoms with Gasteiger partial charge in [0, 0.05) is 25.0 Å². The number of carbonyl (C=O) groups excluding carboxylic acids is 2. The molecule has 0 bridgehead atoms. The second kappa shape index (κ2) is 7.63. The number of benzene rings is 1. The smallest absolute Gasteiger partial charge is 0.309 e. The third kappa shape index (κ3) is 4.23. The molecule has 1 aliphatic heterocycles. The fourth-order valence-corrected chi connectivity index (χ4v) is 2.96. The van der Waals surface area contributed by atoms with Crippen LogP contribution in [-0.2, 0) is 14.3 Å². The molecule has 1 saturated heterocycles. The number of esters is 1. The highest BCUT2D eigenvalue weighted by Crippen LogP contribution is 2.27. The average molecular weight is 324 g/mol. The second-order valence-corrected chi connectivity index (χ2v) is 6.11. The van der Waals surface area contributed by atoms with E-state index < -0.39 is 0 Å². The van der Waals surface area contributed by atoms with Crippen molar-refractivity contribution in [3.05, 3.63) is 34.9 Å². The fourth-order valence-electron chi connectivity index (χ4n) is 2.76. The zero-order valence-corrected chi connectivity index (χ0v) is 13.8. The minimum absolute atomic E-state index is 0.0668. The molecule has 1 aliphatic rings. The Labute approximate surface area is 136 Å². The van der Waals surface area contributed by atoms with Crippen LogP contribution in [0, 0.1) is 5.92 Å². The maximum absolute atomic E-state index is 12.3. The quantitative estimate of drug-likeness (QED) is 0.795. The van der Waals surface area contributed by atoms with E-state index in [0.717, 1.165) is 5.56 Å². The predicted molar refractivity (Wildman–Crippen MR) is 85.6 cm³/mol. The van der Waals surface area contributed by atoms with E-state index in [1.807, 2.05) is 25.1 Å². The molecule has 1 aromatic rings. The first-order chi connectivity index (χ1) is 10.5. The van der Waals surface area contributed by atoms with E-state index in [0.29, 0.717) is 37.4 Å². The number of rotatable bonds is 4. The number of piperidine rings is 1. The monoisotopic (exact) mass is 323 g/mol. The van der Waals surface area contributed by atoms with Crippen molar-refractivity contribution < 1.29 is 14.3 Å². The summed E-state index contributed by atoms with van der Waals surface area (Å²) in [5.74, 6) is -0.226. The van der Waals surface area contributed by atoms with E-state index in [1.54, 1.807) is 17.9 Å². The molecular formula is C17H22ClNO3. The van der Waals surface area contributed by atoms with Gasteiger partial charge in [-0.15, -0.1) is 0 Å². The number of ether oxygens (including phenoxy) is 1. The van der Waals surface area contributed by atoms with Crippen molar-refractivity contribution in [3.63, 3.8) is 0 Å². The maximum Gasteiger partial charge on any atom is 0.309 e. The van der Waals surface area contributed by atoms with E-state index in [9.17, 15) is 9.59 Å². The van der Waals surface area contributed by atoms with Crippen LogP contribution < -0.4 is 0 Å². The lowest BCUT2D eigenvalue weighted by atomic mass is 9.96. The highest BCUT2D eigenvalue weighted by molar-refractivity contribution is 6.30. The summed E-state index contributed by atoms with van der Waals surface area (Å²) >= 11 is 6.00. The van der Waals surface area contributed by atoms with Gasteiger partial charge in [0.05, 0.1) is 5.92 Å². The van der Waals surface area contributed by atoms with Gasteiger partial charge in [-0.3, -0.25) is 9.59 Å². The van der Waals surface area contributed by atoms with Gasteiger partial charge >= 0.3 is 5.97 Å². The largest absolute Gasteiger partial charge is 0.457 e. The first kappa shape index (κ1) is 16.8. The normalized spacial score (nSPS) is 17.1. The topological polar surface area (TPSA) is 46.6 Å². The van der Waals surface area contributed by atoms with Crippen LogP contribution in [0.15, 0.2) is 24.3 Å². The Morgan fingerprint density at radius 1 is 1.36 bits per heavy atom. The maximum atomic E-state index is 12.3. The fraction of sp³-hybridized carbons (Fsp3) is 0.529. The molecule has 4 nitrogen and oxygen atoms in total. The first-order valence-corrected chi connectivity index (χ1v) is 8.10. The molecule has 0 aromatic heterocycles. The first-order valence-electron chi connectivity index (χ1n) is 7.72. The predicted octanol–water partition coefficient (Wildman–Crippen LogP) is 3.59. The van der Waals surface area contributed by atoms with Gasteiger partial charge in [0.15, 0.2) is 0 Å². The summed E-state index contributed by atoms with van der Waals surface area (Å²) in [5.41, 5.74) is 0.921. The van der Waals surface area contributed by atoms with E-state index in [4.69, 9.17) is 16.3 Å². The van der Waals surface area contributed by atoms with Crippen LogP contribution in [-0.4, -0.2) is 29.9 Å². The second-order valence-electron chi connectivity index (χ2n) is 5.67. The van der Waals surface area contributed by atoms with Crippen molar-refractivity contribution in [1.82, 2.24) is 4.90 Å². The van der Waals surface area contributed by atoms with Crippen molar-refractivity contribution >= 4 is 23.5 Å². The van der Waals surface area contributed by atoms with Gasteiger partial charge in [0.2, 0.25) is 5.91 Å². The Morgan fingerprint density at radius 3 is 2.59 bits per heavy atom. The van der Waals surface area contributed by atoms with E-state index >= 15 is 0 Å². The molecule has 0 radical (unpaired) electrons. The Hall–Kier alpha value is -1.55. The van der Waals surface area contributed by atoms with Crippen LogP contribution in [0.2, 0.25) is 5.02 Å². The van der Waals surface area contributed by atoms with Gasteiger partial charge in [-0.05, 0) is 37.0 Å². The van der Waals surface area contributed by atoms with Crippen molar-refractivity contribution in [3.8, 4) is 0 Å². The SMILES string of the molecule is CC[C@H](OC(=O)C1CCN(C(C)=O)CC1)c1cccc(Cl)c1. The average Bonchev–Trinajstić information content (AvgIpc) is 2.52. The van der Waals surface area contributed by atoms with Gasteiger partial charge in [0.1, 0.15) is 6.10 Å². The third-order valence-electron chi connectivity index (χ3n) is 4.12. The minimum atomic E-state index is -0.267. The van der Waals surface area contributed by atoms with Gasteiger partial charge in [-0.2, -0.15) is 0 Å². The highest BCUT2D eigenvalue weighted by atomic mass is 35.5. The molecule has 1 atom stereocenters.